The number of aromatic nitrogens is 1. The highest BCUT2D eigenvalue weighted by Crippen LogP contribution is 2.24. The summed E-state index contributed by atoms with van der Waals surface area (Å²) in [7, 11) is 1.66. The summed E-state index contributed by atoms with van der Waals surface area (Å²) in [5.41, 5.74) is 2.02. The number of amides is 1. The smallest absolute Gasteiger partial charge is 0.220 e. The molecule has 2 heterocycles. The molecule has 6 heteroatoms. The lowest BCUT2D eigenvalue weighted by Gasteiger charge is -2.23. The highest BCUT2D eigenvalue weighted by Gasteiger charge is 2.18. The van der Waals surface area contributed by atoms with Crippen LogP contribution < -0.4 is 10.1 Å². The van der Waals surface area contributed by atoms with Gasteiger partial charge in [-0.15, -0.1) is 11.3 Å². The number of nitrogens with zero attached hydrogens (tertiary/aromatic N) is 2. The average molecular weight is 374 g/mol. The van der Waals surface area contributed by atoms with Crippen LogP contribution in [0.15, 0.2) is 29.6 Å². The van der Waals surface area contributed by atoms with E-state index in [-0.39, 0.29) is 5.91 Å². The molecule has 0 aliphatic carbocycles. The Labute approximate surface area is 159 Å². The van der Waals surface area contributed by atoms with Crippen molar-refractivity contribution in [2.45, 2.75) is 38.6 Å². The molecule has 1 unspecified atom stereocenters. The predicted molar refractivity (Wildman–Crippen MR) is 106 cm³/mol. The van der Waals surface area contributed by atoms with E-state index in [1.807, 2.05) is 29.6 Å². The molecular weight excluding hydrogens is 346 g/mol. The Morgan fingerprint density at radius 3 is 2.73 bits per heavy atom. The number of ether oxygens (including phenoxy) is 1. The van der Waals surface area contributed by atoms with E-state index in [1.54, 1.807) is 18.4 Å². The summed E-state index contributed by atoms with van der Waals surface area (Å²) in [5, 5.41) is 6.11. The fourth-order valence-electron chi connectivity index (χ4n) is 3.20. The predicted octanol–water partition coefficient (Wildman–Crippen LogP) is 3.35. The van der Waals surface area contributed by atoms with Crippen LogP contribution in [0.2, 0.25) is 0 Å². The van der Waals surface area contributed by atoms with Crippen LogP contribution in [0, 0.1) is 0 Å². The van der Waals surface area contributed by atoms with Crippen LogP contribution in [0.25, 0.3) is 11.3 Å². The average Bonchev–Trinajstić information content (AvgIpc) is 3.36. The molecule has 1 aromatic heterocycles. The van der Waals surface area contributed by atoms with E-state index in [4.69, 9.17) is 4.74 Å². The van der Waals surface area contributed by atoms with Crippen LogP contribution in [-0.2, 0) is 11.2 Å². The molecule has 1 aliphatic rings. The molecule has 3 rings (SSSR count). The SMILES string of the molecule is COc1ccc(-c2csc(CCC(=O)NCC(C)N3CCCC3)n2)cc1. The summed E-state index contributed by atoms with van der Waals surface area (Å²) < 4.78 is 5.18. The number of likely N-dealkylation sites (tertiary alicyclic amines) is 1. The molecule has 26 heavy (non-hydrogen) atoms. The molecule has 1 N–H and O–H groups in total. The van der Waals surface area contributed by atoms with Crippen molar-refractivity contribution in [2.75, 3.05) is 26.7 Å². The number of benzene rings is 1. The molecule has 0 radical (unpaired) electrons. The van der Waals surface area contributed by atoms with E-state index in [1.165, 1.54) is 12.8 Å². The molecule has 0 saturated carbocycles. The van der Waals surface area contributed by atoms with Crippen molar-refractivity contribution < 1.29 is 9.53 Å². The first-order valence-electron chi connectivity index (χ1n) is 9.25. The first-order valence-corrected chi connectivity index (χ1v) is 10.1. The fraction of sp³-hybridized carbons (Fsp3) is 0.500. The molecule has 1 saturated heterocycles. The number of aryl methyl sites for hydroxylation is 1. The van der Waals surface area contributed by atoms with Gasteiger partial charge in [0.15, 0.2) is 0 Å². The molecule has 1 fully saturated rings. The number of hydrogen-bond donors (Lipinski definition) is 1. The van der Waals surface area contributed by atoms with E-state index >= 15 is 0 Å². The maximum atomic E-state index is 12.1. The second-order valence-corrected chi connectivity index (χ2v) is 7.69. The summed E-state index contributed by atoms with van der Waals surface area (Å²) in [6.45, 7) is 5.23. The number of hydrogen-bond acceptors (Lipinski definition) is 5. The zero-order valence-corrected chi connectivity index (χ0v) is 16.3. The number of carbonyl (C=O) groups excluding carboxylic acids is 1. The lowest BCUT2D eigenvalue weighted by atomic mass is 10.2. The fourth-order valence-corrected chi connectivity index (χ4v) is 4.01. The zero-order chi connectivity index (χ0) is 18.4. The number of methoxy groups -OCH3 is 1. The molecular formula is C20H27N3O2S. The Balaban J connectivity index is 1.44. The lowest BCUT2D eigenvalue weighted by Crippen LogP contribution is -2.40. The maximum Gasteiger partial charge on any atom is 0.220 e. The third-order valence-corrected chi connectivity index (χ3v) is 5.77. The second-order valence-electron chi connectivity index (χ2n) is 6.75. The summed E-state index contributed by atoms with van der Waals surface area (Å²) >= 11 is 1.61. The number of thiazole rings is 1. The van der Waals surface area contributed by atoms with Crippen LogP contribution in [0.1, 0.15) is 31.2 Å². The Kier molecular flexibility index (Phi) is 6.63. The molecule has 0 bridgehead atoms. The van der Waals surface area contributed by atoms with E-state index < -0.39 is 0 Å². The van der Waals surface area contributed by atoms with E-state index in [0.29, 0.717) is 18.9 Å². The van der Waals surface area contributed by atoms with Gasteiger partial charge >= 0.3 is 0 Å². The highest BCUT2D eigenvalue weighted by atomic mass is 32.1. The maximum absolute atomic E-state index is 12.1. The van der Waals surface area contributed by atoms with Crippen LogP contribution in [0.5, 0.6) is 5.75 Å². The minimum atomic E-state index is 0.109. The van der Waals surface area contributed by atoms with Crippen molar-refractivity contribution in [3.05, 3.63) is 34.7 Å². The zero-order valence-electron chi connectivity index (χ0n) is 15.5. The Morgan fingerprint density at radius 2 is 2.04 bits per heavy atom. The van der Waals surface area contributed by atoms with Crippen molar-refractivity contribution >= 4 is 17.2 Å². The van der Waals surface area contributed by atoms with Crippen molar-refractivity contribution in [3.8, 4) is 17.0 Å². The van der Waals surface area contributed by atoms with Gasteiger partial charge in [0, 0.05) is 36.4 Å². The second kappa shape index (κ2) is 9.14. The third kappa shape index (κ3) is 5.05. The Hall–Kier alpha value is -1.92. The Bertz CT molecular complexity index is 708. The highest BCUT2D eigenvalue weighted by molar-refractivity contribution is 7.09. The standard InChI is InChI=1S/C20H27N3O2S/c1-15(23-11-3-4-12-23)13-21-19(24)9-10-20-22-18(14-26-20)16-5-7-17(25-2)8-6-16/h5-8,14-15H,3-4,9-13H2,1-2H3,(H,21,24). The molecule has 0 spiro atoms. The third-order valence-electron chi connectivity index (χ3n) is 4.86. The van der Waals surface area contributed by atoms with E-state index in [9.17, 15) is 4.79 Å². The minimum Gasteiger partial charge on any atom is -0.497 e. The molecule has 1 aromatic carbocycles. The van der Waals surface area contributed by atoms with Crippen LogP contribution in [0.3, 0.4) is 0 Å². The van der Waals surface area contributed by atoms with Gasteiger partial charge < -0.3 is 10.1 Å². The Morgan fingerprint density at radius 1 is 1.31 bits per heavy atom. The molecule has 5 nitrogen and oxygen atoms in total. The number of rotatable bonds is 8. The van der Waals surface area contributed by atoms with Crippen LogP contribution in [0.4, 0.5) is 0 Å². The van der Waals surface area contributed by atoms with Crippen molar-refractivity contribution in [3.63, 3.8) is 0 Å². The van der Waals surface area contributed by atoms with E-state index in [2.05, 4.69) is 22.1 Å². The molecule has 1 atom stereocenters. The monoisotopic (exact) mass is 373 g/mol. The largest absolute Gasteiger partial charge is 0.497 e. The van der Waals surface area contributed by atoms with Gasteiger partial charge in [0.25, 0.3) is 0 Å². The van der Waals surface area contributed by atoms with E-state index in [0.717, 1.165) is 41.6 Å². The molecule has 1 amide bonds. The first kappa shape index (κ1) is 18.9. The minimum absolute atomic E-state index is 0.109. The van der Waals surface area contributed by atoms with Crippen LogP contribution in [-0.4, -0.2) is 48.6 Å². The summed E-state index contributed by atoms with van der Waals surface area (Å²) in [6.07, 6.45) is 3.73. The topological polar surface area (TPSA) is 54.5 Å². The number of nitrogens with one attached hydrogen (secondary N) is 1. The molecule has 1 aliphatic heterocycles. The van der Waals surface area contributed by atoms with Gasteiger partial charge in [-0.25, -0.2) is 4.98 Å². The van der Waals surface area contributed by atoms with Gasteiger partial charge in [-0.3, -0.25) is 9.69 Å². The summed E-state index contributed by atoms with van der Waals surface area (Å²) in [6, 6.07) is 8.30. The van der Waals surface area contributed by atoms with Crippen molar-refractivity contribution in [2.24, 2.45) is 0 Å². The summed E-state index contributed by atoms with van der Waals surface area (Å²) in [5.74, 6) is 0.946. The normalized spacial score (nSPS) is 15.8. The van der Waals surface area contributed by atoms with Gasteiger partial charge in [0.1, 0.15) is 5.75 Å². The lowest BCUT2D eigenvalue weighted by molar-refractivity contribution is -0.121. The summed E-state index contributed by atoms with van der Waals surface area (Å²) in [4.78, 5) is 19.2. The molecule has 2 aromatic rings. The first-order chi connectivity index (χ1) is 12.7. The van der Waals surface area contributed by atoms with Gasteiger partial charge in [-0.05, 0) is 57.1 Å². The van der Waals surface area contributed by atoms with Crippen molar-refractivity contribution in [1.82, 2.24) is 15.2 Å². The van der Waals surface area contributed by atoms with Crippen LogP contribution >= 0.6 is 11.3 Å². The van der Waals surface area contributed by atoms with Crippen molar-refractivity contribution in [1.29, 1.82) is 0 Å². The number of carbonyl (C=O) groups is 1. The quantitative estimate of drug-likeness (QED) is 0.771. The van der Waals surface area contributed by atoms with Gasteiger partial charge in [0.05, 0.1) is 17.8 Å². The van der Waals surface area contributed by atoms with Gasteiger partial charge in [-0.2, -0.15) is 0 Å². The van der Waals surface area contributed by atoms with Gasteiger partial charge in [0.2, 0.25) is 5.91 Å². The molecule has 140 valence electrons. The van der Waals surface area contributed by atoms with Gasteiger partial charge in [-0.1, -0.05) is 0 Å².